The molecule has 0 bridgehead atoms. The molecule has 1 aliphatic carbocycles. The topological polar surface area (TPSA) is 0 Å². The fourth-order valence-electron chi connectivity index (χ4n) is 3.74. The van der Waals surface area contributed by atoms with Crippen LogP contribution in [0.25, 0.3) is 0 Å². The van der Waals surface area contributed by atoms with Crippen LogP contribution in [0.4, 0.5) is 0 Å². The van der Waals surface area contributed by atoms with Crippen molar-refractivity contribution in [3.8, 4) is 0 Å². The molecular weight excluding hydrogens is 252 g/mol. The summed E-state index contributed by atoms with van der Waals surface area (Å²) in [6.07, 6.45) is 9.76. The first-order valence-corrected chi connectivity index (χ1v) is 7.73. The minimum atomic E-state index is -0.0693. The first-order chi connectivity index (χ1) is 10.3. The number of hydrogen-bond acceptors (Lipinski definition) is 0. The van der Waals surface area contributed by atoms with Gasteiger partial charge in [-0.15, -0.1) is 6.58 Å². The fraction of sp³-hybridized carbons (Fsp3) is 0.238. The quantitative estimate of drug-likeness (QED) is 0.673. The van der Waals surface area contributed by atoms with Gasteiger partial charge in [0.2, 0.25) is 0 Å². The summed E-state index contributed by atoms with van der Waals surface area (Å²) in [6, 6.07) is 17.8. The molecule has 0 nitrogen and oxygen atoms in total. The molecular formula is C21H22. The molecule has 0 saturated heterocycles. The zero-order valence-corrected chi connectivity index (χ0v) is 12.7. The first-order valence-electron chi connectivity index (χ1n) is 7.73. The molecule has 0 amide bonds. The van der Waals surface area contributed by atoms with Gasteiger partial charge in [0.05, 0.1) is 0 Å². The third-order valence-electron chi connectivity index (χ3n) is 4.58. The average Bonchev–Trinajstić information content (AvgIpc) is 2.65. The normalized spacial score (nSPS) is 16.0. The molecule has 0 aliphatic heterocycles. The zero-order chi connectivity index (χ0) is 14.7. The molecule has 2 aromatic rings. The van der Waals surface area contributed by atoms with Gasteiger partial charge in [-0.25, -0.2) is 0 Å². The lowest BCUT2D eigenvalue weighted by atomic mass is 9.70. The predicted molar refractivity (Wildman–Crippen MR) is 90.7 cm³/mol. The maximum absolute atomic E-state index is 4.02. The molecule has 0 heterocycles. The minimum absolute atomic E-state index is 0.0693. The molecule has 0 saturated carbocycles. The van der Waals surface area contributed by atoms with Crippen molar-refractivity contribution in [2.24, 2.45) is 0 Å². The molecule has 0 N–H and O–H groups in total. The molecule has 0 atom stereocenters. The molecule has 0 spiro atoms. The lowest BCUT2D eigenvalue weighted by Gasteiger charge is -2.33. The van der Waals surface area contributed by atoms with Crippen LogP contribution < -0.4 is 0 Å². The second-order valence-corrected chi connectivity index (χ2v) is 5.78. The molecule has 0 aromatic heterocycles. The van der Waals surface area contributed by atoms with E-state index in [0.717, 1.165) is 19.3 Å². The molecule has 0 radical (unpaired) electrons. The van der Waals surface area contributed by atoms with E-state index < -0.39 is 0 Å². The molecule has 0 unspecified atom stereocenters. The summed E-state index contributed by atoms with van der Waals surface area (Å²) in [7, 11) is 0. The second kappa shape index (κ2) is 5.73. The third kappa shape index (κ3) is 2.25. The van der Waals surface area contributed by atoms with E-state index in [1.807, 2.05) is 0 Å². The highest BCUT2D eigenvalue weighted by atomic mass is 14.4. The summed E-state index contributed by atoms with van der Waals surface area (Å²) < 4.78 is 0. The van der Waals surface area contributed by atoms with Crippen LogP contribution in [0.2, 0.25) is 0 Å². The van der Waals surface area contributed by atoms with Crippen molar-refractivity contribution in [3.05, 3.63) is 95.6 Å². The van der Waals surface area contributed by atoms with Crippen molar-refractivity contribution in [2.75, 3.05) is 0 Å². The molecule has 0 fully saturated rings. The summed E-state index contributed by atoms with van der Waals surface area (Å²) in [5.41, 5.74) is 5.74. The summed E-state index contributed by atoms with van der Waals surface area (Å²) in [5, 5.41) is 0. The first kappa shape index (κ1) is 13.9. The molecule has 106 valence electrons. The monoisotopic (exact) mass is 274 g/mol. The van der Waals surface area contributed by atoms with E-state index in [2.05, 4.69) is 80.3 Å². The van der Waals surface area contributed by atoms with Gasteiger partial charge in [-0.1, -0.05) is 66.8 Å². The van der Waals surface area contributed by atoms with Gasteiger partial charge in [-0.2, -0.15) is 0 Å². The Morgan fingerprint density at radius 1 is 0.952 bits per heavy atom. The van der Waals surface area contributed by atoms with Gasteiger partial charge in [0.15, 0.2) is 0 Å². The van der Waals surface area contributed by atoms with E-state index in [-0.39, 0.29) is 5.41 Å². The SMILES string of the molecule is C=CCC1(C=CC)c2ccccc2CCc2ccccc21. The number of rotatable bonds is 3. The Balaban J connectivity index is 2.35. The Hall–Kier alpha value is -2.08. The van der Waals surface area contributed by atoms with Crippen LogP contribution >= 0.6 is 0 Å². The van der Waals surface area contributed by atoms with Crippen LogP contribution in [-0.4, -0.2) is 0 Å². The van der Waals surface area contributed by atoms with Crippen molar-refractivity contribution in [1.29, 1.82) is 0 Å². The van der Waals surface area contributed by atoms with Crippen LogP contribution in [0, 0.1) is 0 Å². The highest BCUT2D eigenvalue weighted by Crippen LogP contribution is 2.43. The van der Waals surface area contributed by atoms with Gasteiger partial charge in [-0.3, -0.25) is 0 Å². The fourth-order valence-corrected chi connectivity index (χ4v) is 3.74. The number of aryl methyl sites for hydroxylation is 2. The third-order valence-corrected chi connectivity index (χ3v) is 4.58. The lowest BCUT2D eigenvalue weighted by molar-refractivity contribution is 0.649. The number of allylic oxidation sites excluding steroid dienone is 3. The summed E-state index contributed by atoms with van der Waals surface area (Å²) >= 11 is 0. The highest BCUT2D eigenvalue weighted by molar-refractivity contribution is 5.53. The Kier molecular flexibility index (Phi) is 3.79. The minimum Gasteiger partial charge on any atom is -0.103 e. The van der Waals surface area contributed by atoms with Gasteiger partial charge >= 0.3 is 0 Å². The van der Waals surface area contributed by atoms with Gasteiger partial charge in [0, 0.05) is 5.41 Å². The molecule has 1 aliphatic rings. The van der Waals surface area contributed by atoms with E-state index in [0.29, 0.717) is 0 Å². The van der Waals surface area contributed by atoms with Gasteiger partial charge < -0.3 is 0 Å². The number of hydrogen-bond donors (Lipinski definition) is 0. The van der Waals surface area contributed by atoms with Crippen LogP contribution in [0.1, 0.15) is 35.6 Å². The largest absolute Gasteiger partial charge is 0.103 e. The second-order valence-electron chi connectivity index (χ2n) is 5.78. The Labute approximate surface area is 127 Å². The van der Waals surface area contributed by atoms with Gasteiger partial charge in [0.1, 0.15) is 0 Å². The van der Waals surface area contributed by atoms with Crippen LogP contribution in [-0.2, 0) is 18.3 Å². The smallest absolute Gasteiger partial charge is 0.0421 e. The molecule has 2 aromatic carbocycles. The standard InChI is InChI=1S/C21H22/c1-3-15-21(16-4-2)19-11-7-5-9-17(19)13-14-18-10-6-8-12-20(18)21/h3-12,16H,1,13-15H2,2H3. The van der Waals surface area contributed by atoms with E-state index in [4.69, 9.17) is 0 Å². The molecule has 0 heteroatoms. The van der Waals surface area contributed by atoms with Crippen LogP contribution in [0.3, 0.4) is 0 Å². The number of benzene rings is 2. The summed E-state index contributed by atoms with van der Waals surface area (Å²) in [4.78, 5) is 0. The van der Waals surface area contributed by atoms with E-state index in [1.165, 1.54) is 22.3 Å². The number of fused-ring (bicyclic) bond motifs is 2. The van der Waals surface area contributed by atoms with Crippen molar-refractivity contribution in [3.63, 3.8) is 0 Å². The molecule has 21 heavy (non-hydrogen) atoms. The summed E-state index contributed by atoms with van der Waals surface area (Å²) in [6.45, 7) is 6.14. The maximum atomic E-state index is 4.02. The van der Waals surface area contributed by atoms with E-state index in [1.54, 1.807) is 0 Å². The van der Waals surface area contributed by atoms with Gasteiger partial charge in [-0.05, 0) is 48.4 Å². The average molecular weight is 274 g/mol. The van der Waals surface area contributed by atoms with Crippen molar-refractivity contribution in [2.45, 2.75) is 31.6 Å². The van der Waals surface area contributed by atoms with Crippen LogP contribution in [0.15, 0.2) is 73.3 Å². The lowest BCUT2D eigenvalue weighted by Crippen LogP contribution is -2.26. The maximum Gasteiger partial charge on any atom is 0.0421 e. The van der Waals surface area contributed by atoms with E-state index in [9.17, 15) is 0 Å². The van der Waals surface area contributed by atoms with Crippen molar-refractivity contribution in [1.82, 2.24) is 0 Å². The highest BCUT2D eigenvalue weighted by Gasteiger charge is 2.35. The summed E-state index contributed by atoms with van der Waals surface area (Å²) in [5.74, 6) is 0. The zero-order valence-electron chi connectivity index (χ0n) is 12.7. The Bertz CT molecular complexity index is 628. The van der Waals surface area contributed by atoms with E-state index >= 15 is 0 Å². The predicted octanol–water partition coefficient (Wildman–Crippen LogP) is 5.22. The van der Waals surface area contributed by atoms with Crippen molar-refractivity contribution >= 4 is 0 Å². The Morgan fingerprint density at radius 2 is 1.48 bits per heavy atom. The van der Waals surface area contributed by atoms with Crippen LogP contribution in [0.5, 0.6) is 0 Å². The van der Waals surface area contributed by atoms with Gasteiger partial charge in [0.25, 0.3) is 0 Å². The Morgan fingerprint density at radius 3 is 1.95 bits per heavy atom. The molecule has 3 rings (SSSR count). The van der Waals surface area contributed by atoms with Crippen molar-refractivity contribution < 1.29 is 0 Å².